The number of aryl methyl sites for hydroxylation is 1. The van der Waals surface area contributed by atoms with Gasteiger partial charge in [0.2, 0.25) is 0 Å². The number of nitrogens with zero attached hydrogens (tertiary/aromatic N) is 1. The summed E-state index contributed by atoms with van der Waals surface area (Å²) in [5.74, 6) is -1.92. The molecule has 0 aliphatic carbocycles. The Balaban J connectivity index is 1.49. The van der Waals surface area contributed by atoms with E-state index in [-0.39, 0.29) is 25.1 Å². The summed E-state index contributed by atoms with van der Waals surface area (Å²) in [5.41, 5.74) is 0.531. The van der Waals surface area contributed by atoms with Gasteiger partial charge in [0.05, 0.1) is 27.7 Å². The van der Waals surface area contributed by atoms with Gasteiger partial charge in [-0.1, -0.05) is 47.5 Å². The topological polar surface area (TPSA) is 69.6 Å². The van der Waals surface area contributed by atoms with Gasteiger partial charge in [-0.3, -0.25) is 9.59 Å². The fourth-order valence-electron chi connectivity index (χ4n) is 3.44. The molecule has 2 amide bonds. The summed E-state index contributed by atoms with van der Waals surface area (Å²) >= 11 is 11.9. The van der Waals surface area contributed by atoms with E-state index in [4.69, 9.17) is 23.2 Å². The molecule has 1 aliphatic heterocycles. The number of halogens is 5. The fraction of sp³-hybridized carbons (Fsp3) is 0.304. The van der Waals surface area contributed by atoms with E-state index in [1.165, 1.54) is 17.0 Å². The van der Waals surface area contributed by atoms with Crippen LogP contribution in [0.2, 0.25) is 10.0 Å². The number of carbonyl (C=O) groups is 2. The molecule has 0 unspecified atom stereocenters. The molecule has 1 aliphatic rings. The van der Waals surface area contributed by atoms with Crippen LogP contribution in [0.15, 0.2) is 53.8 Å². The lowest BCUT2D eigenvalue weighted by atomic mass is 10.1. The second-order valence-corrected chi connectivity index (χ2v) is 8.42. The molecular weight excluding hydrogens is 480 g/mol. The minimum atomic E-state index is -4.45. The van der Waals surface area contributed by atoms with Crippen LogP contribution in [0.25, 0.3) is 0 Å². The lowest BCUT2D eigenvalue weighted by Crippen LogP contribution is -2.32. The molecule has 1 heterocycles. The summed E-state index contributed by atoms with van der Waals surface area (Å²) in [7, 11) is 0. The molecule has 0 saturated carbocycles. The predicted molar refractivity (Wildman–Crippen MR) is 119 cm³/mol. The van der Waals surface area contributed by atoms with Crippen molar-refractivity contribution in [2.24, 2.45) is 0 Å². The van der Waals surface area contributed by atoms with Crippen LogP contribution in [0.5, 0.6) is 0 Å². The van der Waals surface area contributed by atoms with Crippen LogP contribution >= 0.6 is 23.2 Å². The molecule has 10 heteroatoms. The Morgan fingerprint density at radius 3 is 2.48 bits per heavy atom. The van der Waals surface area contributed by atoms with E-state index in [2.05, 4.69) is 5.32 Å². The predicted octanol–water partition coefficient (Wildman–Crippen LogP) is 4.96. The molecule has 0 spiro atoms. The van der Waals surface area contributed by atoms with Gasteiger partial charge in [-0.15, -0.1) is 0 Å². The van der Waals surface area contributed by atoms with Gasteiger partial charge < -0.3 is 15.3 Å². The summed E-state index contributed by atoms with van der Waals surface area (Å²) in [6.45, 7) is 0.273. The quantitative estimate of drug-likeness (QED) is 0.503. The third kappa shape index (κ3) is 6.42. The molecule has 2 aromatic rings. The first kappa shape index (κ1) is 24.9. The highest BCUT2D eigenvalue weighted by Crippen LogP contribution is 2.30. The third-order valence-electron chi connectivity index (χ3n) is 5.24. The number of rotatable bonds is 8. The molecule has 0 atom stereocenters. The standard InChI is InChI=1S/C23H21Cl2F3N2O3/c24-18-7-6-14(12-19(18)25)4-2-9-29-21(32)17-13-30(22(33)20(17)31)10-8-15-3-1-5-16(11-15)23(26,27)28/h1,3,5-7,11-12,31H,2,4,8-10,13H2,(H,29,32). The van der Waals surface area contributed by atoms with Crippen molar-refractivity contribution in [3.05, 3.63) is 80.5 Å². The molecule has 33 heavy (non-hydrogen) atoms. The molecule has 3 rings (SSSR count). The van der Waals surface area contributed by atoms with Crippen LogP contribution in [-0.4, -0.2) is 41.5 Å². The smallest absolute Gasteiger partial charge is 0.416 e. The summed E-state index contributed by atoms with van der Waals surface area (Å²) in [6, 6.07) is 10.1. The minimum Gasteiger partial charge on any atom is -0.503 e. The van der Waals surface area contributed by atoms with Crippen LogP contribution in [0.1, 0.15) is 23.1 Å². The zero-order valence-corrected chi connectivity index (χ0v) is 18.9. The van der Waals surface area contributed by atoms with E-state index in [1.54, 1.807) is 12.1 Å². The Morgan fingerprint density at radius 2 is 1.79 bits per heavy atom. The lowest BCUT2D eigenvalue weighted by molar-refractivity contribution is -0.137. The number of hydrogen-bond donors (Lipinski definition) is 2. The second kappa shape index (κ2) is 10.5. The maximum Gasteiger partial charge on any atom is 0.416 e. The summed E-state index contributed by atoms with van der Waals surface area (Å²) < 4.78 is 38.6. The lowest BCUT2D eigenvalue weighted by Gasteiger charge is -2.16. The Labute approximate surface area is 198 Å². The van der Waals surface area contributed by atoms with Gasteiger partial charge in [-0.05, 0) is 48.6 Å². The van der Waals surface area contributed by atoms with Crippen LogP contribution in [0.3, 0.4) is 0 Å². The number of benzene rings is 2. The Kier molecular flexibility index (Phi) is 7.92. The molecule has 0 saturated heterocycles. The molecule has 0 aromatic heterocycles. The van der Waals surface area contributed by atoms with E-state index in [0.29, 0.717) is 35.0 Å². The average molecular weight is 501 g/mol. The highest BCUT2D eigenvalue weighted by atomic mass is 35.5. The Morgan fingerprint density at radius 1 is 1.06 bits per heavy atom. The number of carbonyl (C=O) groups excluding carboxylic acids is 2. The van der Waals surface area contributed by atoms with Crippen molar-refractivity contribution in [2.75, 3.05) is 19.6 Å². The highest BCUT2D eigenvalue weighted by molar-refractivity contribution is 6.42. The van der Waals surface area contributed by atoms with E-state index < -0.39 is 29.3 Å². The molecule has 5 nitrogen and oxygen atoms in total. The van der Waals surface area contributed by atoms with Crippen molar-refractivity contribution >= 4 is 35.0 Å². The van der Waals surface area contributed by atoms with Gasteiger partial charge in [0.25, 0.3) is 11.8 Å². The number of hydrogen-bond acceptors (Lipinski definition) is 3. The van der Waals surface area contributed by atoms with Crippen molar-refractivity contribution in [3.63, 3.8) is 0 Å². The summed E-state index contributed by atoms with van der Waals surface area (Å²) in [6.07, 6.45) is -3.05. The third-order valence-corrected chi connectivity index (χ3v) is 5.97. The molecule has 0 radical (unpaired) electrons. The maximum absolute atomic E-state index is 12.9. The zero-order chi connectivity index (χ0) is 24.2. The van der Waals surface area contributed by atoms with E-state index in [9.17, 15) is 27.9 Å². The van der Waals surface area contributed by atoms with Crippen LogP contribution < -0.4 is 5.32 Å². The molecule has 176 valence electrons. The van der Waals surface area contributed by atoms with Crippen molar-refractivity contribution in [3.8, 4) is 0 Å². The zero-order valence-electron chi connectivity index (χ0n) is 17.4. The Bertz CT molecular complexity index is 1090. The first-order chi connectivity index (χ1) is 15.6. The van der Waals surface area contributed by atoms with Crippen LogP contribution in [-0.2, 0) is 28.6 Å². The minimum absolute atomic E-state index is 0.0569. The first-order valence-electron chi connectivity index (χ1n) is 10.2. The van der Waals surface area contributed by atoms with Crippen molar-refractivity contribution < 1.29 is 27.9 Å². The number of amides is 2. The highest BCUT2D eigenvalue weighted by Gasteiger charge is 2.34. The second-order valence-electron chi connectivity index (χ2n) is 7.61. The molecule has 2 N–H and O–H groups in total. The van der Waals surface area contributed by atoms with Crippen LogP contribution in [0, 0.1) is 0 Å². The first-order valence-corrected chi connectivity index (χ1v) is 10.9. The van der Waals surface area contributed by atoms with Crippen molar-refractivity contribution in [1.82, 2.24) is 10.2 Å². The van der Waals surface area contributed by atoms with Gasteiger partial charge >= 0.3 is 6.18 Å². The van der Waals surface area contributed by atoms with Crippen molar-refractivity contribution in [2.45, 2.75) is 25.4 Å². The summed E-state index contributed by atoms with van der Waals surface area (Å²) in [4.78, 5) is 25.9. The average Bonchev–Trinajstić information content (AvgIpc) is 3.06. The van der Waals surface area contributed by atoms with E-state index in [0.717, 1.165) is 17.7 Å². The fourth-order valence-corrected chi connectivity index (χ4v) is 3.76. The summed E-state index contributed by atoms with van der Waals surface area (Å²) in [5, 5.41) is 13.7. The number of nitrogens with one attached hydrogen (secondary N) is 1. The normalized spacial score (nSPS) is 14.2. The van der Waals surface area contributed by atoms with Crippen LogP contribution in [0.4, 0.5) is 13.2 Å². The molecule has 0 fully saturated rings. The molecule has 0 bridgehead atoms. The van der Waals surface area contributed by atoms with Gasteiger partial charge in [-0.2, -0.15) is 13.2 Å². The molecular formula is C23H21Cl2F3N2O3. The largest absolute Gasteiger partial charge is 0.503 e. The number of alkyl halides is 3. The molecule has 2 aromatic carbocycles. The van der Waals surface area contributed by atoms with E-state index >= 15 is 0 Å². The monoisotopic (exact) mass is 500 g/mol. The van der Waals surface area contributed by atoms with Gasteiger partial charge in [-0.25, -0.2) is 0 Å². The SMILES string of the molecule is O=C(NCCCc1ccc(Cl)c(Cl)c1)C1=C(O)C(=O)N(CCc2cccc(C(F)(F)F)c2)C1. The number of aliphatic hydroxyl groups excluding tert-OH is 1. The van der Waals surface area contributed by atoms with Gasteiger partial charge in [0.15, 0.2) is 5.76 Å². The van der Waals surface area contributed by atoms with E-state index in [1.807, 2.05) is 6.07 Å². The maximum atomic E-state index is 12.9. The van der Waals surface area contributed by atoms with Gasteiger partial charge in [0.1, 0.15) is 0 Å². The van der Waals surface area contributed by atoms with Gasteiger partial charge in [0, 0.05) is 13.1 Å². The van der Waals surface area contributed by atoms with Crippen molar-refractivity contribution in [1.29, 1.82) is 0 Å². The Hall–Kier alpha value is -2.71. The number of aliphatic hydroxyl groups is 1.